The number of nitriles is 1. The van der Waals surface area contributed by atoms with Crippen molar-refractivity contribution in [3.8, 4) is 17.5 Å². The number of halogens is 2. The summed E-state index contributed by atoms with van der Waals surface area (Å²) in [5.41, 5.74) is 4.52. The fourth-order valence-corrected chi connectivity index (χ4v) is 4.14. The molecule has 2 unspecified atom stereocenters. The number of hydrogen-bond donors (Lipinski definition) is 2. The van der Waals surface area contributed by atoms with E-state index in [1.165, 1.54) is 17.1 Å². The lowest BCUT2D eigenvalue weighted by Gasteiger charge is -2.43. The molecule has 0 aliphatic carbocycles. The predicted molar refractivity (Wildman–Crippen MR) is 115 cm³/mol. The summed E-state index contributed by atoms with van der Waals surface area (Å²) in [6.45, 7) is 0.330. The molecule has 12 heteroatoms. The second-order valence-corrected chi connectivity index (χ2v) is 7.98. The van der Waals surface area contributed by atoms with E-state index in [4.69, 9.17) is 10.2 Å². The standard InChI is InChI=1S/C22H21F2N7O3/c23-18-12-30(10-14-3-4-16(28-19(14)24)17-2-1-9-34-17)8-6-22(18,5-7-25)31-11-15(20(26)33)21(29-31)27-13-32/h1-4,9,11,13,18H,5-6,8,10,12H2,(H2,26,33)(H,27,29,32). The Morgan fingerprint density at radius 1 is 1.44 bits per heavy atom. The second kappa shape index (κ2) is 9.40. The minimum Gasteiger partial charge on any atom is -0.463 e. The second-order valence-electron chi connectivity index (χ2n) is 7.98. The highest BCUT2D eigenvalue weighted by molar-refractivity contribution is 5.99. The average Bonchev–Trinajstić information content (AvgIpc) is 3.48. The van der Waals surface area contributed by atoms with Gasteiger partial charge in [-0.15, -0.1) is 0 Å². The van der Waals surface area contributed by atoms with E-state index in [1.54, 1.807) is 29.2 Å². The van der Waals surface area contributed by atoms with Crippen molar-refractivity contribution in [2.75, 3.05) is 18.4 Å². The number of carbonyl (C=O) groups excluding carboxylic acids is 2. The fourth-order valence-electron chi connectivity index (χ4n) is 4.14. The number of rotatable bonds is 8. The number of piperidine rings is 1. The SMILES string of the molecule is N#CCC1(n2cc(C(N)=O)c(NC=O)n2)CCN(Cc2ccc(-c3ccco3)nc2F)CC1F. The summed E-state index contributed by atoms with van der Waals surface area (Å²) in [5, 5.41) is 15.8. The van der Waals surface area contributed by atoms with Gasteiger partial charge in [-0.1, -0.05) is 6.07 Å². The maximum atomic E-state index is 15.6. The third-order valence-corrected chi connectivity index (χ3v) is 5.97. The monoisotopic (exact) mass is 469 g/mol. The first-order valence-electron chi connectivity index (χ1n) is 10.4. The molecule has 0 spiro atoms. The van der Waals surface area contributed by atoms with Crippen LogP contribution in [0, 0.1) is 17.3 Å². The number of carbonyl (C=O) groups is 2. The van der Waals surface area contributed by atoms with Gasteiger partial charge >= 0.3 is 0 Å². The van der Waals surface area contributed by atoms with Crippen LogP contribution in [-0.4, -0.2) is 51.2 Å². The lowest BCUT2D eigenvalue weighted by Crippen LogP contribution is -2.54. The largest absolute Gasteiger partial charge is 0.463 e. The normalized spacial score (nSPS) is 20.6. The Morgan fingerprint density at radius 3 is 2.88 bits per heavy atom. The molecule has 3 N–H and O–H groups in total. The molecule has 2 atom stereocenters. The van der Waals surface area contributed by atoms with E-state index < -0.39 is 23.6 Å². The molecule has 1 aliphatic heterocycles. The van der Waals surface area contributed by atoms with Gasteiger partial charge in [0.2, 0.25) is 12.4 Å². The number of alkyl halides is 1. The predicted octanol–water partition coefficient (Wildman–Crippen LogP) is 2.20. The first kappa shape index (κ1) is 23.1. The molecule has 176 valence electrons. The molecule has 0 radical (unpaired) electrons. The molecule has 0 aromatic carbocycles. The average molecular weight is 469 g/mol. The fraction of sp³-hybridized carbons (Fsp3) is 0.318. The zero-order valence-corrected chi connectivity index (χ0v) is 17.9. The zero-order valence-electron chi connectivity index (χ0n) is 17.9. The number of aromatic nitrogens is 3. The summed E-state index contributed by atoms with van der Waals surface area (Å²) in [6.07, 6.45) is 1.38. The van der Waals surface area contributed by atoms with Crippen LogP contribution in [0.1, 0.15) is 28.8 Å². The molecular formula is C22H21F2N7O3. The van der Waals surface area contributed by atoms with Crippen LogP contribution in [0.2, 0.25) is 0 Å². The van der Waals surface area contributed by atoms with Crippen molar-refractivity contribution in [2.45, 2.75) is 31.1 Å². The van der Waals surface area contributed by atoms with Crippen molar-refractivity contribution in [2.24, 2.45) is 5.73 Å². The van der Waals surface area contributed by atoms with Gasteiger partial charge in [0.1, 0.15) is 23.0 Å². The third kappa shape index (κ3) is 4.25. The number of likely N-dealkylation sites (tertiary alicyclic amines) is 1. The van der Waals surface area contributed by atoms with Gasteiger partial charge in [0.05, 0.1) is 18.8 Å². The van der Waals surface area contributed by atoms with E-state index in [0.29, 0.717) is 30.0 Å². The maximum absolute atomic E-state index is 15.6. The van der Waals surface area contributed by atoms with Crippen molar-refractivity contribution in [1.82, 2.24) is 19.7 Å². The van der Waals surface area contributed by atoms with Gasteiger partial charge < -0.3 is 15.5 Å². The third-order valence-electron chi connectivity index (χ3n) is 5.97. The summed E-state index contributed by atoms with van der Waals surface area (Å²) in [5.74, 6) is -1.21. The molecular weight excluding hydrogens is 448 g/mol. The Morgan fingerprint density at radius 2 is 2.26 bits per heavy atom. The molecule has 3 aromatic rings. The minimum absolute atomic E-state index is 0.0937. The topological polar surface area (TPSA) is 143 Å². The van der Waals surface area contributed by atoms with Gasteiger partial charge in [0.25, 0.3) is 5.91 Å². The van der Waals surface area contributed by atoms with Gasteiger partial charge in [0, 0.05) is 31.4 Å². The van der Waals surface area contributed by atoms with Gasteiger partial charge in [-0.25, -0.2) is 9.37 Å². The number of furan rings is 1. The van der Waals surface area contributed by atoms with Crippen LogP contribution in [0.5, 0.6) is 0 Å². The van der Waals surface area contributed by atoms with E-state index in [0.717, 1.165) is 0 Å². The number of anilines is 1. The molecule has 1 saturated heterocycles. The first-order chi connectivity index (χ1) is 16.4. The molecule has 1 fully saturated rings. The quantitative estimate of drug-likeness (QED) is 0.380. The van der Waals surface area contributed by atoms with Crippen LogP contribution in [0.25, 0.3) is 11.5 Å². The first-order valence-corrected chi connectivity index (χ1v) is 10.4. The van der Waals surface area contributed by atoms with E-state index >= 15 is 4.39 Å². The number of amides is 2. The van der Waals surface area contributed by atoms with Crippen LogP contribution < -0.4 is 11.1 Å². The number of primary amides is 1. The molecule has 1 aliphatic rings. The summed E-state index contributed by atoms with van der Waals surface area (Å²) in [7, 11) is 0. The van der Waals surface area contributed by atoms with Crippen molar-refractivity contribution >= 4 is 18.1 Å². The molecule has 34 heavy (non-hydrogen) atoms. The van der Waals surface area contributed by atoms with Crippen molar-refractivity contribution in [3.05, 3.63) is 53.8 Å². The Labute approximate surface area is 193 Å². The number of nitrogens with one attached hydrogen (secondary N) is 1. The summed E-state index contributed by atoms with van der Waals surface area (Å²) >= 11 is 0. The number of nitrogens with two attached hydrogens (primary N) is 1. The highest BCUT2D eigenvalue weighted by atomic mass is 19.1. The van der Waals surface area contributed by atoms with Crippen molar-refractivity contribution in [3.63, 3.8) is 0 Å². The molecule has 10 nitrogen and oxygen atoms in total. The zero-order chi connectivity index (χ0) is 24.3. The Hall–Kier alpha value is -4.11. The molecule has 2 amide bonds. The van der Waals surface area contributed by atoms with Gasteiger partial charge in [0.15, 0.2) is 11.6 Å². The van der Waals surface area contributed by atoms with Gasteiger partial charge in [-0.05, 0) is 24.6 Å². The van der Waals surface area contributed by atoms with Crippen LogP contribution >= 0.6 is 0 Å². The highest BCUT2D eigenvalue weighted by Gasteiger charge is 2.46. The van der Waals surface area contributed by atoms with Gasteiger partial charge in [-0.3, -0.25) is 19.2 Å². The Kier molecular flexibility index (Phi) is 6.38. The lowest BCUT2D eigenvalue weighted by molar-refractivity contribution is -0.105. The summed E-state index contributed by atoms with van der Waals surface area (Å²) in [6, 6.07) is 8.54. The summed E-state index contributed by atoms with van der Waals surface area (Å²) in [4.78, 5) is 28.2. The minimum atomic E-state index is -1.58. The maximum Gasteiger partial charge on any atom is 0.254 e. The van der Waals surface area contributed by atoms with Crippen LogP contribution in [0.4, 0.5) is 14.6 Å². The molecule has 3 aromatic heterocycles. The van der Waals surface area contributed by atoms with Crippen molar-refractivity contribution in [1.29, 1.82) is 5.26 Å². The van der Waals surface area contributed by atoms with E-state index in [-0.39, 0.29) is 37.3 Å². The highest BCUT2D eigenvalue weighted by Crippen LogP contribution is 2.37. The van der Waals surface area contributed by atoms with Gasteiger partial charge in [-0.2, -0.15) is 14.8 Å². The Bertz CT molecular complexity index is 1240. The molecule has 0 bridgehead atoms. The lowest BCUT2D eigenvalue weighted by atomic mass is 9.83. The van der Waals surface area contributed by atoms with Crippen LogP contribution in [0.15, 0.2) is 41.1 Å². The smallest absolute Gasteiger partial charge is 0.254 e. The number of pyridine rings is 1. The molecule has 0 saturated carbocycles. The number of hydrogen-bond acceptors (Lipinski definition) is 7. The molecule has 4 rings (SSSR count). The van der Waals surface area contributed by atoms with E-state index in [2.05, 4.69) is 15.4 Å². The summed E-state index contributed by atoms with van der Waals surface area (Å²) < 4.78 is 36.7. The Balaban J connectivity index is 1.54. The van der Waals surface area contributed by atoms with Crippen LogP contribution in [-0.2, 0) is 16.9 Å². The number of nitrogens with zero attached hydrogens (tertiary/aromatic N) is 5. The van der Waals surface area contributed by atoms with Crippen molar-refractivity contribution < 1.29 is 22.8 Å². The molecule has 4 heterocycles. The van der Waals surface area contributed by atoms with E-state index in [9.17, 15) is 19.2 Å². The van der Waals surface area contributed by atoms with E-state index in [1.807, 2.05) is 6.07 Å². The van der Waals surface area contributed by atoms with Crippen LogP contribution in [0.3, 0.4) is 0 Å².